The second kappa shape index (κ2) is 9.80. The van der Waals surface area contributed by atoms with Crippen molar-refractivity contribution >= 4 is 43.8 Å². The van der Waals surface area contributed by atoms with Crippen molar-refractivity contribution in [2.45, 2.75) is 31.4 Å². The number of aromatic nitrogens is 2. The number of nitrogens with zero attached hydrogens (tertiary/aromatic N) is 3. The second-order valence-corrected chi connectivity index (χ2v) is 11.2. The van der Waals surface area contributed by atoms with Gasteiger partial charge in [0.05, 0.1) is 11.5 Å². The van der Waals surface area contributed by atoms with Gasteiger partial charge in [-0.15, -0.1) is 10.2 Å². The van der Waals surface area contributed by atoms with Gasteiger partial charge >= 0.3 is 0 Å². The number of carbonyl (C=O) groups excluding carboxylic acids is 2. The number of benzene rings is 2. The molecule has 0 radical (unpaired) electrons. The van der Waals surface area contributed by atoms with Gasteiger partial charge in [0, 0.05) is 31.0 Å². The highest BCUT2D eigenvalue weighted by Crippen LogP contribution is 2.35. The van der Waals surface area contributed by atoms with E-state index >= 15 is 0 Å². The first-order valence-corrected chi connectivity index (χ1v) is 13.2. The summed E-state index contributed by atoms with van der Waals surface area (Å²) in [5.41, 5.74) is 2.61. The van der Waals surface area contributed by atoms with Gasteiger partial charge in [0.1, 0.15) is 5.01 Å². The average Bonchev–Trinajstić information content (AvgIpc) is 3.40. The molecule has 1 atom stereocenters. The normalized spacial score (nSPS) is 16.2. The van der Waals surface area contributed by atoms with Gasteiger partial charge in [-0.3, -0.25) is 9.59 Å². The number of aryl methyl sites for hydroxylation is 1. The zero-order valence-electron chi connectivity index (χ0n) is 18.1. The smallest absolute Gasteiger partial charge is 0.227 e. The Morgan fingerprint density at radius 3 is 2.61 bits per heavy atom. The van der Waals surface area contributed by atoms with E-state index < -0.39 is 15.7 Å². The molecule has 1 unspecified atom stereocenters. The number of para-hydroxylation sites is 1. The van der Waals surface area contributed by atoms with Crippen LogP contribution in [0.1, 0.15) is 34.9 Å². The lowest BCUT2D eigenvalue weighted by Crippen LogP contribution is -2.25. The molecule has 2 heterocycles. The Morgan fingerprint density at radius 2 is 1.85 bits per heavy atom. The molecule has 33 heavy (non-hydrogen) atoms. The van der Waals surface area contributed by atoms with Crippen LogP contribution < -0.4 is 10.2 Å². The van der Waals surface area contributed by atoms with Crippen molar-refractivity contribution < 1.29 is 18.0 Å². The molecule has 8 nitrogen and oxygen atoms in total. The molecule has 0 spiro atoms. The van der Waals surface area contributed by atoms with Gasteiger partial charge in [-0.05, 0) is 24.1 Å². The predicted octanol–water partition coefficient (Wildman–Crippen LogP) is 3.31. The van der Waals surface area contributed by atoms with Crippen LogP contribution in [0, 0.1) is 6.92 Å². The van der Waals surface area contributed by atoms with E-state index in [1.165, 1.54) is 11.3 Å². The van der Waals surface area contributed by atoms with E-state index in [1.807, 2.05) is 37.3 Å². The summed E-state index contributed by atoms with van der Waals surface area (Å²) in [6.07, 6.45) is 0.168. The van der Waals surface area contributed by atoms with Crippen LogP contribution in [0.25, 0.3) is 0 Å². The monoisotopic (exact) mass is 484 g/mol. The fraction of sp³-hybridized carbons (Fsp3) is 0.304. The molecule has 0 bridgehead atoms. The molecule has 2 aromatic carbocycles. The number of hydrogen-bond acceptors (Lipinski definition) is 7. The van der Waals surface area contributed by atoms with Crippen LogP contribution >= 0.6 is 11.3 Å². The minimum absolute atomic E-state index is 0.0266. The van der Waals surface area contributed by atoms with Crippen molar-refractivity contribution in [3.63, 3.8) is 0 Å². The maximum Gasteiger partial charge on any atom is 0.227 e. The van der Waals surface area contributed by atoms with Gasteiger partial charge in [-0.25, -0.2) is 8.42 Å². The molecule has 1 aliphatic rings. The molecule has 1 aromatic heterocycles. The number of nitrogens with one attached hydrogen (secondary N) is 1. The Labute approximate surface area is 196 Å². The summed E-state index contributed by atoms with van der Waals surface area (Å²) in [4.78, 5) is 26.6. The lowest BCUT2D eigenvalue weighted by molar-refractivity contribution is -0.117. The van der Waals surface area contributed by atoms with Crippen LogP contribution in [0.5, 0.6) is 0 Å². The lowest BCUT2D eigenvalue weighted by Gasteiger charge is -2.18. The van der Waals surface area contributed by atoms with Crippen LogP contribution in [0.2, 0.25) is 0 Å². The summed E-state index contributed by atoms with van der Waals surface area (Å²) in [7, 11) is -3.41. The van der Waals surface area contributed by atoms with E-state index in [1.54, 1.807) is 29.2 Å². The molecule has 10 heteroatoms. The van der Waals surface area contributed by atoms with E-state index in [0.717, 1.165) is 11.3 Å². The highest BCUT2D eigenvalue weighted by atomic mass is 32.2. The minimum atomic E-state index is -3.41. The SMILES string of the molecule is Cc1ccccc1N1CC(c2nnc(NC(=O)CCS(=O)(=O)Cc3ccccc3)s2)CC1=O. The Morgan fingerprint density at radius 1 is 1.12 bits per heavy atom. The van der Waals surface area contributed by atoms with Crippen molar-refractivity contribution in [3.8, 4) is 0 Å². The largest absolute Gasteiger partial charge is 0.311 e. The summed E-state index contributed by atoms with van der Waals surface area (Å²) < 4.78 is 24.6. The summed E-state index contributed by atoms with van der Waals surface area (Å²) >= 11 is 1.22. The molecule has 0 aliphatic carbocycles. The quantitative estimate of drug-likeness (QED) is 0.525. The molecular formula is C23H24N4O4S2. The van der Waals surface area contributed by atoms with E-state index in [0.29, 0.717) is 28.7 Å². The van der Waals surface area contributed by atoms with Crippen molar-refractivity contribution in [3.05, 3.63) is 70.7 Å². The Balaban J connectivity index is 1.32. The highest BCUT2D eigenvalue weighted by molar-refractivity contribution is 7.90. The predicted molar refractivity (Wildman–Crippen MR) is 128 cm³/mol. The van der Waals surface area contributed by atoms with Crippen LogP contribution in [0.15, 0.2) is 54.6 Å². The van der Waals surface area contributed by atoms with E-state index in [-0.39, 0.29) is 29.8 Å². The minimum Gasteiger partial charge on any atom is -0.311 e. The molecule has 2 amide bonds. The van der Waals surface area contributed by atoms with Crippen LogP contribution in [0.4, 0.5) is 10.8 Å². The first-order chi connectivity index (χ1) is 15.8. The van der Waals surface area contributed by atoms with E-state index in [2.05, 4.69) is 15.5 Å². The summed E-state index contributed by atoms with van der Waals surface area (Å²) in [6.45, 7) is 2.47. The van der Waals surface area contributed by atoms with Gasteiger partial charge in [-0.2, -0.15) is 0 Å². The number of hydrogen-bond donors (Lipinski definition) is 1. The van der Waals surface area contributed by atoms with Crippen LogP contribution in [0.3, 0.4) is 0 Å². The van der Waals surface area contributed by atoms with Crippen molar-refractivity contribution in [1.82, 2.24) is 10.2 Å². The molecule has 1 fully saturated rings. The molecule has 4 rings (SSSR count). The summed E-state index contributed by atoms with van der Waals surface area (Å²) in [6, 6.07) is 16.6. The zero-order chi connectivity index (χ0) is 23.4. The summed E-state index contributed by atoms with van der Waals surface area (Å²) in [5, 5.41) is 11.8. The Bertz CT molecular complexity index is 1260. The van der Waals surface area contributed by atoms with Gasteiger partial charge < -0.3 is 10.2 Å². The first kappa shape index (κ1) is 23.1. The highest BCUT2D eigenvalue weighted by Gasteiger charge is 2.34. The molecule has 3 aromatic rings. The van der Waals surface area contributed by atoms with Crippen LogP contribution in [-0.4, -0.2) is 42.7 Å². The standard InChI is InChI=1S/C23H24N4O4S2/c1-16-7-5-6-10-19(16)27-14-18(13-21(27)29)22-25-26-23(32-22)24-20(28)11-12-33(30,31)15-17-8-3-2-4-9-17/h2-10,18H,11-15H2,1H3,(H,24,26,28). The third kappa shape index (κ3) is 5.82. The lowest BCUT2D eigenvalue weighted by atomic mass is 10.1. The molecule has 1 aliphatic heterocycles. The average molecular weight is 485 g/mol. The second-order valence-electron chi connectivity index (χ2n) is 8.01. The van der Waals surface area contributed by atoms with Crippen LogP contribution in [-0.2, 0) is 25.2 Å². The fourth-order valence-corrected chi connectivity index (χ4v) is 5.94. The summed E-state index contributed by atoms with van der Waals surface area (Å²) in [5.74, 6) is -0.859. The number of amides is 2. The van der Waals surface area contributed by atoms with E-state index in [9.17, 15) is 18.0 Å². The maximum atomic E-state index is 12.6. The molecular weight excluding hydrogens is 460 g/mol. The van der Waals surface area contributed by atoms with Gasteiger partial charge in [0.25, 0.3) is 0 Å². The topological polar surface area (TPSA) is 109 Å². The molecule has 0 saturated carbocycles. The number of carbonyl (C=O) groups is 2. The Hall–Kier alpha value is -3.11. The zero-order valence-corrected chi connectivity index (χ0v) is 19.7. The third-order valence-electron chi connectivity index (χ3n) is 5.44. The first-order valence-electron chi connectivity index (χ1n) is 10.5. The third-order valence-corrected chi connectivity index (χ3v) is 8.04. The molecule has 172 valence electrons. The maximum absolute atomic E-state index is 12.6. The van der Waals surface area contributed by atoms with Gasteiger partial charge in [-0.1, -0.05) is 59.9 Å². The van der Waals surface area contributed by atoms with Gasteiger partial charge in [0.2, 0.25) is 16.9 Å². The Kier molecular flexibility index (Phi) is 6.85. The number of rotatable bonds is 8. The van der Waals surface area contributed by atoms with Crippen molar-refractivity contribution in [2.24, 2.45) is 0 Å². The van der Waals surface area contributed by atoms with E-state index in [4.69, 9.17) is 0 Å². The number of anilines is 2. The fourth-order valence-electron chi connectivity index (χ4n) is 3.75. The molecule has 1 N–H and O–H groups in total. The van der Waals surface area contributed by atoms with Crippen molar-refractivity contribution in [1.29, 1.82) is 0 Å². The van der Waals surface area contributed by atoms with Crippen molar-refractivity contribution in [2.75, 3.05) is 22.5 Å². The number of sulfone groups is 1. The molecule has 1 saturated heterocycles. The van der Waals surface area contributed by atoms with Gasteiger partial charge in [0.15, 0.2) is 9.84 Å².